The summed E-state index contributed by atoms with van der Waals surface area (Å²) in [6, 6.07) is 1.32. The standard InChI is InChI=1S/C16H14F6N6O6S2/c1-9-8-33-5-4-26(9)13-6-12(34-36(31,32)16(20,21)22)11-7-23-14(27(11)25-13)10-2-3-24-28(10)35(29,30)15(17,18)19/h2-3,6-7,9H,4-5,8H2,1H3. The van der Waals surface area contributed by atoms with Crippen LogP contribution in [0.1, 0.15) is 6.92 Å². The molecule has 20 heteroatoms. The molecule has 1 atom stereocenters. The highest BCUT2D eigenvalue weighted by Gasteiger charge is 2.50. The summed E-state index contributed by atoms with van der Waals surface area (Å²) in [5.74, 6) is -1.65. The number of aromatic nitrogens is 5. The first-order valence-electron chi connectivity index (χ1n) is 9.65. The van der Waals surface area contributed by atoms with E-state index in [0.29, 0.717) is 4.52 Å². The molecule has 0 amide bonds. The van der Waals surface area contributed by atoms with Crippen LogP contribution in [0, 0.1) is 0 Å². The van der Waals surface area contributed by atoms with E-state index in [9.17, 15) is 43.2 Å². The SMILES string of the molecule is CC1COCCN1c1cc(OS(=O)(=O)C(F)(F)F)c2cnc(-c3ccnn3S(=O)(=O)C(F)(F)F)n2n1. The molecule has 1 fully saturated rings. The Morgan fingerprint density at radius 2 is 1.81 bits per heavy atom. The van der Waals surface area contributed by atoms with Crippen LogP contribution >= 0.6 is 0 Å². The molecule has 12 nitrogen and oxygen atoms in total. The van der Waals surface area contributed by atoms with Crippen LogP contribution in [0.4, 0.5) is 32.2 Å². The fraction of sp³-hybridized carbons (Fsp3) is 0.438. The minimum Gasteiger partial charge on any atom is -0.377 e. The maximum atomic E-state index is 13.1. The van der Waals surface area contributed by atoms with Crippen LogP contribution in [0.25, 0.3) is 17.0 Å². The van der Waals surface area contributed by atoms with Gasteiger partial charge in [0.05, 0.1) is 31.6 Å². The minimum absolute atomic E-state index is 0.144. The number of hydrogen-bond donors (Lipinski definition) is 0. The molecule has 0 saturated carbocycles. The Kier molecular flexibility index (Phi) is 6.11. The van der Waals surface area contributed by atoms with E-state index in [1.807, 2.05) is 0 Å². The molecule has 36 heavy (non-hydrogen) atoms. The highest BCUT2D eigenvalue weighted by molar-refractivity contribution is 7.90. The highest BCUT2D eigenvalue weighted by Crippen LogP contribution is 2.35. The molecule has 4 rings (SSSR count). The van der Waals surface area contributed by atoms with E-state index < -0.39 is 60.0 Å². The zero-order chi connectivity index (χ0) is 26.7. The van der Waals surface area contributed by atoms with E-state index in [2.05, 4.69) is 19.4 Å². The number of halogens is 6. The van der Waals surface area contributed by atoms with Gasteiger partial charge in [-0.15, -0.1) is 9.19 Å². The van der Waals surface area contributed by atoms with Gasteiger partial charge in [0, 0.05) is 12.6 Å². The molecule has 198 valence electrons. The lowest BCUT2D eigenvalue weighted by atomic mass is 10.2. The first kappa shape index (κ1) is 25.9. The average molecular weight is 564 g/mol. The van der Waals surface area contributed by atoms with Crippen molar-refractivity contribution in [2.24, 2.45) is 0 Å². The van der Waals surface area contributed by atoms with Gasteiger partial charge in [0.15, 0.2) is 17.4 Å². The summed E-state index contributed by atoms with van der Waals surface area (Å²) in [7, 11) is -12.2. The number of fused-ring (bicyclic) bond motifs is 1. The minimum atomic E-state index is -6.17. The van der Waals surface area contributed by atoms with Crippen LogP contribution in [0.3, 0.4) is 0 Å². The monoisotopic (exact) mass is 564 g/mol. The summed E-state index contributed by atoms with van der Waals surface area (Å²) in [6.07, 6.45) is 1.48. The van der Waals surface area contributed by atoms with Gasteiger partial charge < -0.3 is 13.8 Å². The second-order valence-corrected chi connectivity index (χ2v) is 10.7. The molecular weight excluding hydrogens is 550 g/mol. The van der Waals surface area contributed by atoms with E-state index in [-0.39, 0.29) is 29.7 Å². The predicted molar refractivity (Wildman–Crippen MR) is 108 cm³/mol. The molecule has 1 aliphatic rings. The fourth-order valence-electron chi connectivity index (χ4n) is 3.29. The van der Waals surface area contributed by atoms with Crippen molar-refractivity contribution in [1.82, 2.24) is 23.8 Å². The summed E-state index contributed by atoms with van der Waals surface area (Å²) < 4.78 is 136. The molecule has 0 radical (unpaired) electrons. The van der Waals surface area contributed by atoms with Gasteiger partial charge >= 0.3 is 31.2 Å². The molecule has 0 bridgehead atoms. The molecule has 1 saturated heterocycles. The first-order chi connectivity index (χ1) is 16.5. The molecule has 0 aliphatic carbocycles. The van der Waals surface area contributed by atoms with E-state index in [4.69, 9.17) is 4.74 Å². The van der Waals surface area contributed by atoms with E-state index in [1.54, 1.807) is 6.92 Å². The number of morpholine rings is 1. The van der Waals surface area contributed by atoms with Crippen LogP contribution in [-0.2, 0) is 24.9 Å². The molecule has 0 N–H and O–H groups in total. The van der Waals surface area contributed by atoms with E-state index in [0.717, 1.165) is 24.5 Å². The van der Waals surface area contributed by atoms with Gasteiger partial charge in [-0.25, -0.2) is 9.50 Å². The van der Waals surface area contributed by atoms with Crippen molar-refractivity contribution < 1.29 is 52.1 Å². The molecule has 3 aromatic heterocycles. The third kappa shape index (κ3) is 4.32. The van der Waals surface area contributed by atoms with E-state index in [1.165, 1.54) is 4.90 Å². The Balaban J connectivity index is 1.96. The smallest absolute Gasteiger partial charge is 0.377 e. The molecule has 1 unspecified atom stereocenters. The fourth-order valence-corrected chi connectivity index (χ4v) is 4.53. The van der Waals surface area contributed by atoms with Gasteiger partial charge in [-0.05, 0) is 13.0 Å². The Morgan fingerprint density at radius 3 is 2.42 bits per heavy atom. The van der Waals surface area contributed by atoms with Gasteiger partial charge in [-0.2, -0.15) is 48.3 Å². The molecule has 0 spiro atoms. The molecular formula is C16H14F6N6O6S2. The normalized spacial score (nSPS) is 18.1. The van der Waals surface area contributed by atoms with Crippen molar-refractivity contribution >= 4 is 31.5 Å². The summed E-state index contributed by atoms with van der Waals surface area (Å²) in [6.45, 7) is 2.17. The van der Waals surface area contributed by atoms with Crippen molar-refractivity contribution in [1.29, 1.82) is 0 Å². The zero-order valence-corrected chi connectivity index (χ0v) is 19.4. The summed E-state index contributed by atoms with van der Waals surface area (Å²) in [4.78, 5) is 5.28. The van der Waals surface area contributed by atoms with Gasteiger partial charge in [0.25, 0.3) is 0 Å². The number of hydrogen-bond acceptors (Lipinski definition) is 10. The zero-order valence-electron chi connectivity index (χ0n) is 17.7. The topological polar surface area (TPSA) is 138 Å². The number of rotatable bonds is 5. The highest BCUT2D eigenvalue weighted by atomic mass is 32.2. The molecule has 0 aromatic carbocycles. The summed E-state index contributed by atoms with van der Waals surface area (Å²) in [5, 5.41) is 7.34. The first-order valence-corrected chi connectivity index (χ1v) is 12.5. The second kappa shape index (κ2) is 8.47. The number of ether oxygens (including phenoxy) is 1. The lowest BCUT2D eigenvalue weighted by molar-refractivity contribution is -0.0500. The maximum absolute atomic E-state index is 13.1. The lowest BCUT2D eigenvalue weighted by Crippen LogP contribution is -2.44. The summed E-state index contributed by atoms with van der Waals surface area (Å²) in [5.41, 5.74) is -12.8. The van der Waals surface area contributed by atoms with Crippen molar-refractivity contribution in [3.8, 4) is 17.3 Å². The number of imidazole rings is 1. The van der Waals surface area contributed by atoms with Gasteiger partial charge in [0.1, 0.15) is 11.2 Å². The number of anilines is 1. The van der Waals surface area contributed by atoms with Crippen molar-refractivity contribution in [2.45, 2.75) is 24.0 Å². The molecule has 4 heterocycles. The lowest BCUT2D eigenvalue weighted by Gasteiger charge is -2.34. The average Bonchev–Trinajstić information content (AvgIpc) is 3.39. The van der Waals surface area contributed by atoms with E-state index >= 15 is 0 Å². The van der Waals surface area contributed by atoms with Crippen molar-refractivity contribution in [2.75, 3.05) is 24.7 Å². The third-order valence-corrected chi connectivity index (χ3v) is 7.25. The van der Waals surface area contributed by atoms with Gasteiger partial charge in [-0.1, -0.05) is 0 Å². The molecule has 3 aromatic rings. The van der Waals surface area contributed by atoms with Crippen LogP contribution < -0.4 is 9.08 Å². The maximum Gasteiger partial charge on any atom is 0.534 e. The largest absolute Gasteiger partial charge is 0.534 e. The second-order valence-electron chi connectivity index (χ2n) is 7.36. The van der Waals surface area contributed by atoms with Gasteiger partial charge in [0.2, 0.25) is 0 Å². The third-order valence-electron chi connectivity index (χ3n) is 4.96. The van der Waals surface area contributed by atoms with Crippen LogP contribution in [0.15, 0.2) is 24.5 Å². The van der Waals surface area contributed by atoms with Crippen LogP contribution in [0.2, 0.25) is 0 Å². The Bertz CT molecular complexity index is 1510. The van der Waals surface area contributed by atoms with Crippen molar-refractivity contribution in [3.63, 3.8) is 0 Å². The van der Waals surface area contributed by atoms with Crippen LogP contribution in [0.5, 0.6) is 5.75 Å². The van der Waals surface area contributed by atoms with Crippen molar-refractivity contribution in [3.05, 3.63) is 24.5 Å². The Hall–Kier alpha value is -3.13. The molecule has 1 aliphatic heterocycles. The Morgan fingerprint density at radius 1 is 1.11 bits per heavy atom. The predicted octanol–water partition coefficient (Wildman–Crippen LogP) is 1.74. The summed E-state index contributed by atoms with van der Waals surface area (Å²) >= 11 is 0. The quantitative estimate of drug-likeness (QED) is 0.256. The van der Waals surface area contributed by atoms with Crippen LogP contribution in [-0.4, -0.2) is 77.4 Å². The van der Waals surface area contributed by atoms with Gasteiger partial charge in [-0.3, -0.25) is 0 Å². The Labute approximate surface area is 198 Å². The number of nitrogens with zero attached hydrogens (tertiary/aromatic N) is 6. The number of alkyl halides is 6.